The fourth-order valence-corrected chi connectivity index (χ4v) is 4.96. The maximum Gasteiger partial charge on any atom is 0.246 e. The number of hydrogen-bond acceptors (Lipinski definition) is 4. The number of carbonyl (C=O) groups excluding carboxylic acids is 1. The molecule has 1 N–H and O–H groups in total. The van der Waals surface area contributed by atoms with Crippen molar-refractivity contribution in [1.82, 2.24) is 9.29 Å². The summed E-state index contributed by atoms with van der Waals surface area (Å²) in [5.41, 5.74) is 0.00435. The number of carbonyl (C=O) groups is 1. The molecule has 1 aliphatic rings. The molecule has 1 aromatic heterocycles. The van der Waals surface area contributed by atoms with Gasteiger partial charge in [0.1, 0.15) is 15.9 Å². The molecule has 0 unspecified atom stereocenters. The number of nitrogens with one attached hydrogen (secondary N) is 1. The van der Waals surface area contributed by atoms with Crippen LogP contribution in [0.5, 0.6) is 0 Å². The molecular weight excluding hydrogens is 416 g/mol. The van der Waals surface area contributed by atoms with Crippen LogP contribution in [0.25, 0.3) is 0 Å². The molecule has 2 aromatic rings. The van der Waals surface area contributed by atoms with E-state index in [1.165, 1.54) is 40.8 Å². The minimum Gasteiger partial charge on any atom is -0.323 e. The maximum absolute atomic E-state index is 13.8. The van der Waals surface area contributed by atoms with Crippen LogP contribution in [0.3, 0.4) is 0 Å². The second-order valence-corrected chi connectivity index (χ2v) is 8.78. The largest absolute Gasteiger partial charge is 0.323 e. The molecule has 1 amide bonds. The zero-order valence-electron chi connectivity index (χ0n) is 14.0. The van der Waals surface area contributed by atoms with E-state index in [-0.39, 0.29) is 34.7 Å². The van der Waals surface area contributed by atoms with Crippen LogP contribution < -0.4 is 5.32 Å². The molecule has 0 radical (unpaired) electrons. The second-order valence-electron chi connectivity index (χ2n) is 6.08. The van der Waals surface area contributed by atoms with Crippen molar-refractivity contribution in [2.45, 2.75) is 17.7 Å². The Balaban J connectivity index is 1.66. The molecule has 27 heavy (non-hydrogen) atoms. The van der Waals surface area contributed by atoms with E-state index < -0.39 is 21.8 Å². The lowest BCUT2D eigenvalue weighted by Gasteiger charge is -2.30. The van der Waals surface area contributed by atoms with E-state index in [0.717, 1.165) is 0 Å². The van der Waals surface area contributed by atoms with E-state index in [1.807, 2.05) is 0 Å². The fourth-order valence-electron chi connectivity index (χ4n) is 2.89. The highest BCUT2D eigenvalue weighted by molar-refractivity contribution is 7.89. The van der Waals surface area contributed by atoms with Crippen LogP contribution in [0.1, 0.15) is 12.8 Å². The highest BCUT2D eigenvalue weighted by atomic mass is 35.5. The van der Waals surface area contributed by atoms with Gasteiger partial charge in [-0.2, -0.15) is 4.31 Å². The number of pyridine rings is 1. The van der Waals surface area contributed by atoms with Gasteiger partial charge in [-0.3, -0.25) is 4.79 Å². The number of halogens is 3. The number of anilines is 1. The zero-order valence-corrected chi connectivity index (χ0v) is 16.4. The van der Waals surface area contributed by atoms with Gasteiger partial charge in [-0.25, -0.2) is 17.8 Å². The lowest BCUT2D eigenvalue weighted by molar-refractivity contribution is -0.120. The van der Waals surface area contributed by atoms with Crippen molar-refractivity contribution < 1.29 is 17.6 Å². The van der Waals surface area contributed by atoms with Crippen LogP contribution in [-0.4, -0.2) is 36.7 Å². The first-order valence-corrected chi connectivity index (χ1v) is 10.3. The first-order valence-electron chi connectivity index (χ1n) is 8.15. The van der Waals surface area contributed by atoms with Crippen molar-refractivity contribution >= 4 is 44.8 Å². The molecule has 0 aliphatic carbocycles. The molecule has 0 saturated carbocycles. The number of nitrogens with zero attached hydrogens (tertiary/aromatic N) is 2. The molecule has 1 aliphatic heterocycles. The molecule has 1 aromatic carbocycles. The van der Waals surface area contributed by atoms with Gasteiger partial charge in [-0.15, -0.1) is 0 Å². The first kappa shape index (κ1) is 20.0. The van der Waals surface area contributed by atoms with E-state index in [0.29, 0.717) is 17.9 Å². The standard InChI is InChI=1S/C17H16Cl2FN3O3S/c18-12-3-4-13(20)14(10-12)22-17(24)11-5-8-23(9-6-11)27(25,26)15-2-1-7-21-16(15)19/h1-4,7,10-11H,5-6,8-9H2,(H,22,24). The predicted molar refractivity (Wildman–Crippen MR) is 101 cm³/mol. The molecule has 6 nitrogen and oxygen atoms in total. The Kier molecular flexibility index (Phi) is 6.00. The van der Waals surface area contributed by atoms with Crippen LogP contribution >= 0.6 is 23.2 Å². The summed E-state index contributed by atoms with van der Waals surface area (Å²) in [4.78, 5) is 16.1. The summed E-state index contributed by atoms with van der Waals surface area (Å²) in [6.07, 6.45) is 2.03. The van der Waals surface area contributed by atoms with Crippen LogP contribution in [0, 0.1) is 11.7 Å². The Morgan fingerprint density at radius 3 is 2.59 bits per heavy atom. The number of benzene rings is 1. The van der Waals surface area contributed by atoms with Crippen LogP contribution in [0.15, 0.2) is 41.4 Å². The topological polar surface area (TPSA) is 79.4 Å². The first-order chi connectivity index (χ1) is 12.8. The normalized spacial score (nSPS) is 16.3. The summed E-state index contributed by atoms with van der Waals surface area (Å²) in [5.74, 6) is -1.38. The maximum atomic E-state index is 13.8. The van der Waals surface area contributed by atoms with Crippen molar-refractivity contribution in [2.24, 2.45) is 5.92 Å². The average molecular weight is 432 g/mol. The van der Waals surface area contributed by atoms with Gasteiger partial charge >= 0.3 is 0 Å². The monoisotopic (exact) mass is 431 g/mol. The summed E-state index contributed by atoms with van der Waals surface area (Å²) in [6, 6.07) is 6.78. The summed E-state index contributed by atoms with van der Waals surface area (Å²) in [7, 11) is -3.78. The Morgan fingerprint density at radius 2 is 1.93 bits per heavy atom. The van der Waals surface area contributed by atoms with Gasteiger partial charge in [0.05, 0.1) is 5.69 Å². The molecule has 0 bridgehead atoms. The van der Waals surface area contributed by atoms with Gasteiger partial charge in [0.15, 0.2) is 0 Å². The van der Waals surface area contributed by atoms with Crippen molar-refractivity contribution in [2.75, 3.05) is 18.4 Å². The predicted octanol–water partition coefficient (Wildman–Crippen LogP) is 3.57. The fraction of sp³-hybridized carbons (Fsp3) is 0.294. The van der Waals surface area contributed by atoms with Gasteiger partial charge in [0, 0.05) is 30.2 Å². The molecule has 0 atom stereocenters. The third-order valence-corrected chi connectivity index (χ3v) is 6.93. The molecule has 1 fully saturated rings. The highest BCUT2D eigenvalue weighted by Gasteiger charge is 2.33. The number of hydrogen-bond donors (Lipinski definition) is 1. The van der Waals surface area contributed by atoms with E-state index in [4.69, 9.17) is 23.2 Å². The van der Waals surface area contributed by atoms with E-state index in [9.17, 15) is 17.6 Å². The van der Waals surface area contributed by atoms with Crippen LogP contribution in [0.2, 0.25) is 10.2 Å². The van der Waals surface area contributed by atoms with E-state index in [2.05, 4.69) is 10.3 Å². The Hall–Kier alpha value is -1.74. The summed E-state index contributed by atoms with van der Waals surface area (Å²) in [6.45, 7) is 0.313. The van der Waals surface area contributed by atoms with E-state index in [1.54, 1.807) is 0 Å². The van der Waals surface area contributed by atoms with Crippen molar-refractivity contribution in [3.8, 4) is 0 Å². The minimum atomic E-state index is -3.78. The Labute approximate surface area is 166 Å². The third kappa shape index (κ3) is 4.40. The molecule has 144 valence electrons. The summed E-state index contributed by atoms with van der Waals surface area (Å²) in [5, 5.41) is 2.74. The third-order valence-electron chi connectivity index (χ3n) is 4.35. The summed E-state index contributed by atoms with van der Waals surface area (Å²) < 4.78 is 40.4. The number of amides is 1. The molecule has 1 saturated heterocycles. The van der Waals surface area contributed by atoms with Gasteiger partial charge < -0.3 is 5.32 Å². The van der Waals surface area contributed by atoms with Crippen LogP contribution in [-0.2, 0) is 14.8 Å². The van der Waals surface area contributed by atoms with Gasteiger partial charge in [-0.05, 0) is 43.2 Å². The van der Waals surface area contributed by atoms with Crippen molar-refractivity contribution in [3.05, 3.63) is 52.5 Å². The lowest BCUT2D eigenvalue weighted by Crippen LogP contribution is -2.41. The Morgan fingerprint density at radius 1 is 1.22 bits per heavy atom. The van der Waals surface area contributed by atoms with Crippen molar-refractivity contribution in [1.29, 1.82) is 0 Å². The lowest BCUT2D eigenvalue weighted by atomic mass is 9.97. The quantitative estimate of drug-likeness (QED) is 0.750. The summed E-state index contributed by atoms with van der Waals surface area (Å²) >= 11 is 11.7. The van der Waals surface area contributed by atoms with E-state index >= 15 is 0 Å². The van der Waals surface area contributed by atoms with Gasteiger partial charge in [0.2, 0.25) is 15.9 Å². The molecule has 2 heterocycles. The number of rotatable bonds is 4. The zero-order chi connectivity index (χ0) is 19.6. The molecular formula is C17H16Cl2FN3O3S. The average Bonchev–Trinajstić information content (AvgIpc) is 2.65. The molecule has 10 heteroatoms. The van der Waals surface area contributed by atoms with Crippen molar-refractivity contribution in [3.63, 3.8) is 0 Å². The van der Waals surface area contributed by atoms with Crippen LogP contribution in [0.4, 0.5) is 10.1 Å². The minimum absolute atomic E-state index is 0.00435. The van der Waals surface area contributed by atoms with Gasteiger partial charge in [0.25, 0.3) is 0 Å². The number of sulfonamides is 1. The number of piperidine rings is 1. The second kappa shape index (κ2) is 8.10. The highest BCUT2D eigenvalue weighted by Crippen LogP contribution is 2.28. The van der Waals surface area contributed by atoms with Gasteiger partial charge in [-0.1, -0.05) is 23.2 Å². The SMILES string of the molecule is O=C(Nc1cc(Cl)ccc1F)C1CCN(S(=O)(=O)c2cccnc2Cl)CC1. The smallest absolute Gasteiger partial charge is 0.246 e. The Bertz CT molecular complexity index is 964. The molecule has 0 spiro atoms. The number of aromatic nitrogens is 1. The molecule has 3 rings (SSSR count).